The molecule has 0 atom stereocenters. The van der Waals surface area contributed by atoms with Gasteiger partial charge in [0.05, 0.1) is 27.8 Å². The SMILES string of the molecule is c1ccc([Si](c2ccccc2)(c2ccccc2)c2cccc(-c3cccc(-n4c5ccccc5c5cccc(-n6c7ccccc7c7c(C8CCCCC8)cccc76)c54)c3)c2)cc1. The van der Waals surface area contributed by atoms with E-state index in [1.165, 1.54) is 119 Å². The van der Waals surface area contributed by atoms with Crippen molar-refractivity contribution < 1.29 is 0 Å². The summed E-state index contributed by atoms with van der Waals surface area (Å²) >= 11 is 0. The molecule has 302 valence electrons. The standard InChI is InChI=1S/C60H48N2Si/c1-5-21-43(22-6-1)51-35-19-39-57-59(51)54-34-14-16-38-56(54)62(57)58-40-20-36-53-52-33-13-15-37-55(52)61(60(53)58)46-25-17-23-44(41-46)45-24-18-32-50(42-45)63(47-26-7-2-8-27-47,48-28-9-3-10-29-48)49-30-11-4-12-31-49/h2-4,7-20,23-43H,1,5-6,21-22H2. The number of hydrogen-bond acceptors (Lipinski definition) is 0. The maximum absolute atomic E-state index is 2.71. The van der Waals surface area contributed by atoms with Gasteiger partial charge in [0.1, 0.15) is 0 Å². The van der Waals surface area contributed by atoms with E-state index in [0.29, 0.717) is 5.92 Å². The van der Waals surface area contributed by atoms with Crippen molar-refractivity contribution in [1.29, 1.82) is 0 Å². The van der Waals surface area contributed by atoms with Gasteiger partial charge in [0.2, 0.25) is 0 Å². The van der Waals surface area contributed by atoms with Gasteiger partial charge in [-0.2, -0.15) is 0 Å². The highest BCUT2D eigenvalue weighted by molar-refractivity contribution is 7.19. The Morgan fingerprint density at radius 3 is 1.56 bits per heavy atom. The maximum atomic E-state index is 2.56. The number of para-hydroxylation sites is 3. The van der Waals surface area contributed by atoms with Crippen LogP contribution < -0.4 is 20.7 Å². The first-order valence-corrected chi connectivity index (χ1v) is 24.7. The van der Waals surface area contributed by atoms with Gasteiger partial charge in [-0.3, -0.25) is 0 Å². The number of hydrogen-bond donors (Lipinski definition) is 0. The number of benzene rings is 9. The third-order valence-corrected chi connectivity index (χ3v) is 18.8. The number of nitrogens with zero attached hydrogens (tertiary/aromatic N) is 2. The van der Waals surface area contributed by atoms with Crippen LogP contribution >= 0.6 is 0 Å². The van der Waals surface area contributed by atoms with Crippen LogP contribution in [0.3, 0.4) is 0 Å². The highest BCUT2D eigenvalue weighted by Gasteiger charge is 2.41. The smallest absolute Gasteiger partial charge is 0.179 e. The van der Waals surface area contributed by atoms with Crippen LogP contribution in [0.1, 0.15) is 43.6 Å². The van der Waals surface area contributed by atoms with Crippen LogP contribution in [0.25, 0.3) is 66.1 Å². The van der Waals surface area contributed by atoms with Gasteiger partial charge in [-0.05, 0) is 92.6 Å². The topological polar surface area (TPSA) is 9.86 Å². The summed E-state index contributed by atoms with van der Waals surface area (Å²) in [6.45, 7) is 0. The van der Waals surface area contributed by atoms with Crippen molar-refractivity contribution in [2.45, 2.75) is 38.0 Å². The van der Waals surface area contributed by atoms with Crippen LogP contribution in [0.2, 0.25) is 0 Å². The minimum Gasteiger partial charge on any atom is -0.307 e. The highest BCUT2D eigenvalue weighted by atomic mass is 28.3. The van der Waals surface area contributed by atoms with Crippen LogP contribution in [0.5, 0.6) is 0 Å². The van der Waals surface area contributed by atoms with E-state index < -0.39 is 8.07 Å². The summed E-state index contributed by atoms with van der Waals surface area (Å²) in [4.78, 5) is 0. The Bertz CT molecular complexity index is 3330. The molecule has 11 aromatic rings. The average molecular weight is 825 g/mol. The first kappa shape index (κ1) is 37.5. The molecule has 0 radical (unpaired) electrons. The Labute approximate surface area is 370 Å². The second kappa shape index (κ2) is 15.6. The molecular formula is C60H48N2Si. The third kappa shape index (κ3) is 6.06. The lowest BCUT2D eigenvalue weighted by atomic mass is 9.82. The van der Waals surface area contributed by atoms with Gasteiger partial charge in [-0.25, -0.2) is 0 Å². The van der Waals surface area contributed by atoms with Crippen molar-refractivity contribution in [1.82, 2.24) is 9.13 Å². The third-order valence-electron chi connectivity index (χ3n) is 14.0. The predicted octanol–water partition coefficient (Wildman–Crippen LogP) is 13.0. The molecule has 0 amide bonds. The Morgan fingerprint density at radius 1 is 0.365 bits per heavy atom. The van der Waals surface area contributed by atoms with Crippen molar-refractivity contribution in [2.75, 3.05) is 0 Å². The summed E-state index contributed by atoms with van der Waals surface area (Å²) in [5, 5.41) is 10.8. The number of aromatic nitrogens is 2. The molecule has 1 saturated carbocycles. The zero-order valence-corrected chi connectivity index (χ0v) is 36.4. The molecule has 0 saturated heterocycles. The molecule has 63 heavy (non-hydrogen) atoms. The molecule has 2 heterocycles. The zero-order valence-electron chi connectivity index (χ0n) is 35.4. The molecule has 1 fully saturated rings. The molecule has 2 aromatic heterocycles. The highest BCUT2D eigenvalue weighted by Crippen LogP contribution is 2.44. The summed E-state index contributed by atoms with van der Waals surface area (Å²) in [7, 11) is -2.71. The second-order valence-corrected chi connectivity index (χ2v) is 21.2. The lowest BCUT2D eigenvalue weighted by Crippen LogP contribution is -2.74. The van der Waals surface area contributed by atoms with Gasteiger partial charge in [-0.15, -0.1) is 0 Å². The van der Waals surface area contributed by atoms with E-state index in [-0.39, 0.29) is 0 Å². The van der Waals surface area contributed by atoms with Crippen molar-refractivity contribution in [3.8, 4) is 22.5 Å². The molecule has 1 aliphatic rings. The van der Waals surface area contributed by atoms with Crippen molar-refractivity contribution >= 4 is 72.4 Å². The molecule has 0 spiro atoms. The summed E-state index contributed by atoms with van der Waals surface area (Å²) in [5.41, 5.74) is 11.3. The zero-order chi connectivity index (χ0) is 41.7. The Kier molecular flexibility index (Phi) is 9.30. The van der Waals surface area contributed by atoms with Crippen molar-refractivity contribution in [3.05, 3.63) is 230 Å². The molecular weight excluding hydrogens is 777 g/mol. The van der Waals surface area contributed by atoms with E-state index in [9.17, 15) is 0 Å². The van der Waals surface area contributed by atoms with Gasteiger partial charge in [0, 0.05) is 27.2 Å². The van der Waals surface area contributed by atoms with Crippen LogP contribution in [0, 0.1) is 0 Å². The summed E-state index contributed by atoms with van der Waals surface area (Å²) in [6.07, 6.45) is 6.53. The van der Waals surface area contributed by atoms with Crippen molar-refractivity contribution in [2.24, 2.45) is 0 Å². The number of fused-ring (bicyclic) bond motifs is 6. The molecule has 0 N–H and O–H groups in total. The second-order valence-electron chi connectivity index (χ2n) is 17.4. The monoisotopic (exact) mass is 824 g/mol. The summed E-state index contributed by atoms with van der Waals surface area (Å²) < 4.78 is 5.08. The summed E-state index contributed by atoms with van der Waals surface area (Å²) in [6, 6.07) is 84.3. The van der Waals surface area contributed by atoms with Gasteiger partial charge >= 0.3 is 0 Å². The Balaban J connectivity index is 1.08. The Morgan fingerprint density at radius 2 is 0.873 bits per heavy atom. The van der Waals surface area contributed by atoms with Crippen molar-refractivity contribution in [3.63, 3.8) is 0 Å². The lowest BCUT2D eigenvalue weighted by molar-refractivity contribution is 0.445. The molecule has 0 unspecified atom stereocenters. The maximum Gasteiger partial charge on any atom is 0.179 e. The van der Waals surface area contributed by atoms with Gasteiger partial charge in [0.25, 0.3) is 0 Å². The number of rotatable bonds is 8. The minimum atomic E-state index is -2.71. The van der Waals surface area contributed by atoms with E-state index in [2.05, 4.69) is 234 Å². The summed E-state index contributed by atoms with van der Waals surface area (Å²) in [5.74, 6) is 0.603. The van der Waals surface area contributed by atoms with Gasteiger partial charge in [-0.1, -0.05) is 207 Å². The van der Waals surface area contributed by atoms with Gasteiger partial charge in [0.15, 0.2) is 8.07 Å². The first-order valence-electron chi connectivity index (χ1n) is 22.7. The van der Waals surface area contributed by atoms with E-state index in [4.69, 9.17) is 0 Å². The molecule has 1 aliphatic carbocycles. The van der Waals surface area contributed by atoms with E-state index in [1.54, 1.807) is 0 Å². The fourth-order valence-electron chi connectivity index (χ4n) is 11.3. The van der Waals surface area contributed by atoms with Crippen LogP contribution in [-0.4, -0.2) is 17.2 Å². The molecule has 9 aromatic carbocycles. The predicted molar refractivity (Wildman–Crippen MR) is 270 cm³/mol. The van der Waals surface area contributed by atoms with Crippen LogP contribution in [0.4, 0.5) is 0 Å². The van der Waals surface area contributed by atoms with E-state index in [0.717, 1.165) is 5.69 Å². The minimum absolute atomic E-state index is 0.603. The van der Waals surface area contributed by atoms with E-state index >= 15 is 0 Å². The molecule has 0 aliphatic heterocycles. The molecule has 2 nitrogen and oxygen atoms in total. The lowest BCUT2D eigenvalue weighted by Gasteiger charge is -2.34. The van der Waals surface area contributed by atoms with Crippen LogP contribution in [0.15, 0.2) is 224 Å². The fourth-order valence-corrected chi connectivity index (χ4v) is 16.1. The molecule has 0 bridgehead atoms. The average Bonchev–Trinajstić information content (AvgIpc) is 3.89. The first-order chi connectivity index (χ1) is 31.3. The fraction of sp³-hybridized carbons (Fsp3) is 0.100. The molecule has 12 rings (SSSR count). The normalized spacial score (nSPS) is 13.7. The quantitative estimate of drug-likeness (QED) is 0.107. The Hall–Kier alpha value is -7.20. The largest absolute Gasteiger partial charge is 0.307 e. The van der Waals surface area contributed by atoms with Gasteiger partial charge < -0.3 is 9.13 Å². The van der Waals surface area contributed by atoms with E-state index in [1.807, 2.05) is 0 Å². The molecule has 3 heteroatoms. The van der Waals surface area contributed by atoms with Crippen LogP contribution in [-0.2, 0) is 0 Å².